The standard InChI is InChI=1S/C28H34N4O4/c1-36-23-7-5-6-21(18-23)26(33)29-22-10-11-25(24(19-22)28(35)31-12-3-2-4-13-31)30-14-16-32(17-15-30)27(34)20-8-9-20/h5-7,10-11,18-20H,2-4,8-9,12-17H2,1H3,(H,29,33). The van der Waals surface area contributed by atoms with Crippen molar-refractivity contribution in [2.45, 2.75) is 32.1 Å². The third kappa shape index (κ3) is 5.32. The van der Waals surface area contributed by atoms with Crippen molar-refractivity contribution in [1.82, 2.24) is 9.80 Å². The SMILES string of the molecule is COc1cccc(C(=O)Nc2ccc(N3CCN(C(=O)C4CC4)CC3)c(C(=O)N3CCCCC3)c2)c1. The van der Waals surface area contributed by atoms with Crippen molar-refractivity contribution in [1.29, 1.82) is 0 Å². The molecule has 2 aromatic rings. The van der Waals surface area contributed by atoms with Gasteiger partial charge in [-0.15, -0.1) is 0 Å². The molecular weight excluding hydrogens is 456 g/mol. The molecule has 1 saturated carbocycles. The monoisotopic (exact) mass is 490 g/mol. The molecule has 0 unspecified atom stereocenters. The molecule has 36 heavy (non-hydrogen) atoms. The number of piperazine rings is 1. The second kappa shape index (κ2) is 10.6. The van der Waals surface area contributed by atoms with Gasteiger partial charge in [0.1, 0.15) is 5.75 Å². The molecule has 3 fully saturated rings. The molecule has 1 aliphatic carbocycles. The largest absolute Gasteiger partial charge is 0.497 e. The molecule has 8 heteroatoms. The number of anilines is 2. The summed E-state index contributed by atoms with van der Waals surface area (Å²) in [5, 5.41) is 2.94. The van der Waals surface area contributed by atoms with E-state index in [0.717, 1.165) is 50.9 Å². The third-order valence-electron chi connectivity index (χ3n) is 7.32. The van der Waals surface area contributed by atoms with Gasteiger partial charge < -0.3 is 24.8 Å². The lowest BCUT2D eigenvalue weighted by molar-refractivity contribution is -0.132. The van der Waals surface area contributed by atoms with Crippen LogP contribution >= 0.6 is 0 Å². The molecule has 0 atom stereocenters. The van der Waals surface area contributed by atoms with Crippen LogP contribution in [-0.2, 0) is 4.79 Å². The predicted octanol–water partition coefficient (Wildman–Crippen LogP) is 3.63. The molecule has 3 aliphatic rings. The van der Waals surface area contributed by atoms with Crippen molar-refractivity contribution in [2.75, 3.05) is 56.6 Å². The minimum Gasteiger partial charge on any atom is -0.497 e. The van der Waals surface area contributed by atoms with E-state index in [0.29, 0.717) is 48.7 Å². The molecule has 0 spiro atoms. The molecule has 0 bridgehead atoms. The highest BCUT2D eigenvalue weighted by molar-refractivity contribution is 6.06. The molecule has 8 nitrogen and oxygen atoms in total. The quantitative estimate of drug-likeness (QED) is 0.669. The van der Waals surface area contributed by atoms with Crippen LogP contribution in [0.4, 0.5) is 11.4 Å². The van der Waals surface area contributed by atoms with Gasteiger partial charge in [0.25, 0.3) is 11.8 Å². The second-order valence-corrected chi connectivity index (χ2v) is 9.86. The number of benzene rings is 2. The molecule has 1 N–H and O–H groups in total. The van der Waals surface area contributed by atoms with Gasteiger partial charge >= 0.3 is 0 Å². The number of methoxy groups -OCH3 is 1. The van der Waals surface area contributed by atoms with Crippen LogP contribution in [0.1, 0.15) is 52.8 Å². The average molecular weight is 491 g/mol. The Morgan fingerprint density at radius 3 is 2.31 bits per heavy atom. The Labute approximate surface area is 212 Å². The number of piperidine rings is 1. The summed E-state index contributed by atoms with van der Waals surface area (Å²) in [7, 11) is 1.57. The zero-order chi connectivity index (χ0) is 25.1. The summed E-state index contributed by atoms with van der Waals surface area (Å²) in [6.45, 7) is 4.22. The molecule has 2 aromatic carbocycles. The molecule has 190 valence electrons. The molecule has 2 aliphatic heterocycles. The van der Waals surface area contributed by atoms with Crippen molar-refractivity contribution in [3.8, 4) is 5.75 Å². The van der Waals surface area contributed by atoms with Gasteiger partial charge in [0.15, 0.2) is 0 Å². The number of carbonyl (C=O) groups excluding carboxylic acids is 3. The van der Waals surface area contributed by atoms with Crippen LogP contribution in [0.3, 0.4) is 0 Å². The smallest absolute Gasteiger partial charge is 0.256 e. The average Bonchev–Trinajstić information content (AvgIpc) is 3.78. The number of rotatable bonds is 6. The van der Waals surface area contributed by atoms with E-state index in [2.05, 4.69) is 10.2 Å². The van der Waals surface area contributed by atoms with Crippen molar-refractivity contribution >= 4 is 29.1 Å². The Morgan fingerprint density at radius 2 is 1.61 bits per heavy atom. The third-order valence-corrected chi connectivity index (χ3v) is 7.32. The van der Waals surface area contributed by atoms with Gasteiger partial charge in [0.05, 0.1) is 12.7 Å². The number of nitrogens with one attached hydrogen (secondary N) is 1. The predicted molar refractivity (Wildman–Crippen MR) is 139 cm³/mol. The maximum Gasteiger partial charge on any atom is 0.256 e. The van der Waals surface area contributed by atoms with E-state index in [1.807, 2.05) is 21.9 Å². The van der Waals surface area contributed by atoms with Crippen molar-refractivity contribution in [2.24, 2.45) is 5.92 Å². The van der Waals surface area contributed by atoms with Crippen LogP contribution in [0.15, 0.2) is 42.5 Å². The number of hydrogen-bond donors (Lipinski definition) is 1. The van der Waals surface area contributed by atoms with Gasteiger partial charge in [0, 0.05) is 62.1 Å². The number of hydrogen-bond acceptors (Lipinski definition) is 5. The first kappa shape index (κ1) is 24.2. The van der Waals surface area contributed by atoms with Crippen LogP contribution < -0.4 is 15.0 Å². The first-order chi connectivity index (χ1) is 17.5. The summed E-state index contributed by atoms with van der Waals surface area (Å²) in [6, 6.07) is 12.6. The van der Waals surface area contributed by atoms with Gasteiger partial charge in [-0.3, -0.25) is 14.4 Å². The molecule has 0 aromatic heterocycles. The lowest BCUT2D eigenvalue weighted by Gasteiger charge is -2.37. The minimum atomic E-state index is -0.259. The van der Waals surface area contributed by atoms with Crippen LogP contribution in [0.5, 0.6) is 5.75 Å². The van der Waals surface area contributed by atoms with Gasteiger partial charge in [-0.05, 0) is 68.5 Å². The minimum absolute atomic E-state index is 0.00124. The van der Waals surface area contributed by atoms with Gasteiger partial charge in [-0.25, -0.2) is 0 Å². The fourth-order valence-electron chi connectivity index (χ4n) is 5.05. The number of nitrogens with zero attached hydrogens (tertiary/aromatic N) is 3. The Hall–Kier alpha value is -3.55. The van der Waals surface area contributed by atoms with Crippen molar-refractivity contribution in [3.05, 3.63) is 53.6 Å². The van der Waals surface area contributed by atoms with E-state index in [9.17, 15) is 14.4 Å². The highest BCUT2D eigenvalue weighted by Gasteiger charge is 2.35. The zero-order valence-corrected chi connectivity index (χ0v) is 20.9. The molecular formula is C28H34N4O4. The maximum atomic E-state index is 13.6. The molecule has 0 radical (unpaired) electrons. The number of carbonyl (C=O) groups is 3. The Bertz CT molecular complexity index is 1130. The summed E-state index contributed by atoms with van der Waals surface area (Å²) in [5.74, 6) is 0.845. The van der Waals surface area contributed by atoms with Gasteiger partial charge in [0.2, 0.25) is 5.91 Å². The van der Waals surface area contributed by atoms with E-state index in [1.165, 1.54) is 0 Å². The maximum absolute atomic E-state index is 13.6. The van der Waals surface area contributed by atoms with Crippen LogP contribution in [0, 0.1) is 5.92 Å². The number of ether oxygens (including phenoxy) is 1. The molecule has 2 heterocycles. The highest BCUT2D eigenvalue weighted by Crippen LogP contribution is 2.32. The van der Waals surface area contributed by atoms with Crippen molar-refractivity contribution < 1.29 is 19.1 Å². The summed E-state index contributed by atoms with van der Waals surface area (Å²) in [4.78, 5) is 45.1. The van der Waals surface area contributed by atoms with Gasteiger partial charge in [-0.1, -0.05) is 6.07 Å². The van der Waals surface area contributed by atoms with Crippen LogP contribution in [-0.4, -0.2) is 73.9 Å². The lowest BCUT2D eigenvalue weighted by atomic mass is 10.0. The van der Waals surface area contributed by atoms with Gasteiger partial charge in [-0.2, -0.15) is 0 Å². The lowest BCUT2D eigenvalue weighted by Crippen LogP contribution is -2.49. The first-order valence-electron chi connectivity index (χ1n) is 13.0. The topological polar surface area (TPSA) is 82.2 Å². The highest BCUT2D eigenvalue weighted by atomic mass is 16.5. The van der Waals surface area contributed by atoms with Crippen LogP contribution in [0.25, 0.3) is 0 Å². The molecule has 2 saturated heterocycles. The van der Waals surface area contributed by atoms with E-state index in [4.69, 9.17) is 4.74 Å². The van der Waals surface area contributed by atoms with E-state index >= 15 is 0 Å². The number of likely N-dealkylation sites (tertiary alicyclic amines) is 1. The Balaban J connectivity index is 1.37. The fourth-order valence-corrected chi connectivity index (χ4v) is 5.05. The summed E-state index contributed by atoms with van der Waals surface area (Å²) in [5.41, 5.74) is 2.53. The second-order valence-electron chi connectivity index (χ2n) is 9.86. The Kier molecular flexibility index (Phi) is 7.11. The normalized spacial score (nSPS) is 18.1. The molecule has 5 rings (SSSR count). The summed E-state index contributed by atoms with van der Waals surface area (Å²) in [6.07, 6.45) is 5.18. The van der Waals surface area contributed by atoms with E-state index in [-0.39, 0.29) is 23.6 Å². The molecule has 3 amide bonds. The van der Waals surface area contributed by atoms with E-state index in [1.54, 1.807) is 37.4 Å². The zero-order valence-electron chi connectivity index (χ0n) is 20.9. The van der Waals surface area contributed by atoms with Crippen LogP contribution in [0.2, 0.25) is 0 Å². The summed E-state index contributed by atoms with van der Waals surface area (Å²) < 4.78 is 5.23. The van der Waals surface area contributed by atoms with E-state index < -0.39 is 0 Å². The fraction of sp³-hybridized carbons (Fsp3) is 0.464. The summed E-state index contributed by atoms with van der Waals surface area (Å²) >= 11 is 0. The number of amides is 3. The van der Waals surface area contributed by atoms with Crippen molar-refractivity contribution in [3.63, 3.8) is 0 Å². The first-order valence-corrected chi connectivity index (χ1v) is 13.0. The Morgan fingerprint density at radius 1 is 0.861 bits per heavy atom.